The zero-order valence-corrected chi connectivity index (χ0v) is 11.2. The van der Waals surface area contributed by atoms with Crippen molar-refractivity contribution in [3.05, 3.63) is 53.8 Å². The first-order valence-corrected chi connectivity index (χ1v) is 6.28. The minimum Gasteiger partial charge on any atom is -0.406 e. The fourth-order valence-corrected chi connectivity index (χ4v) is 1.82. The van der Waals surface area contributed by atoms with Gasteiger partial charge in [-0.05, 0) is 36.2 Å². The molecule has 2 aromatic carbocycles. The third-order valence-corrected chi connectivity index (χ3v) is 2.79. The van der Waals surface area contributed by atoms with E-state index in [1.54, 1.807) is 6.07 Å². The Morgan fingerprint density at radius 2 is 1.86 bits per heavy atom. The summed E-state index contributed by atoms with van der Waals surface area (Å²) < 4.78 is 53.6. The van der Waals surface area contributed by atoms with Gasteiger partial charge in [0.1, 0.15) is 11.6 Å². The van der Waals surface area contributed by atoms with Crippen LogP contribution in [-0.2, 0) is 6.42 Å². The van der Waals surface area contributed by atoms with Crippen LogP contribution in [0, 0.1) is 5.82 Å². The number of hydrogen-bond donors (Lipinski definition) is 1. The maximum Gasteiger partial charge on any atom is 0.573 e. The Kier molecular flexibility index (Phi) is 4.35. The van der Waals surface area contributed by atoms with Crippen LogP contribution in [0.1, 0.15) is 12.5 Å². The summed E-state index contributed by atoms with van der Waals surface area (Å²) in [6.07, 6.45) is -4.01. The highest BCUT2D eigenvalue weighted by molar-refractivity contribution is 5.61. The van der Waals surface area contributed by atoms with Crippen molar-refractivity contribution in [1.29, 1.82) is 0 Å². The molecule has 0 saturated heterocycles. The van der Waals surface area contributed by atoms with E-state index in [0.29, 0.717) is 11.8 Å². The van der Waals surface area contributed by atoms with Gasteiger partial charge in [0.15, 0.2) is 0 Å². The summed E-state index contributed by atoms with van der Waals surface area (Å²) in [7, 11) is 0. The Bertz CT molecular complexity index is 625. The molecule has 6 heteroatoms. The van der Waals surface area contributed by atoms with Crippen LogP contribution in [0.15, 0.2) is 42.5 Å². The van der Waals surface area contributed by atoms with Crippen LogP contribution in [0.2, 0.25) is 0 Å². The number of halogens is 4. The molecule has 0 aliphatic heterocycles. The Balaban J connectivity index is 2.17. The Morgan fingerprint density at radius 3 is 2.48 bits per heavy atom. The quantitative estimate of drug-likeness (QED) is 0.799. The summed E-state index contributed by atoms with van der Waals surface area (Å²) in [5, 5.41) is 2.83. The number of rotatable bonds is 4. The molecule has 1 N–H and O–H groups in total. The van der Waals surface area contributed by atoms with E-state index in [4.69, 9.17) is 0 Å². The molecular formula is C15H13F4NO. The van der Waals surface area contributed by atoms with Gasteiger partial charge in [0.2, 0.25) is 0 Å². The van der Waals surface area contributed by atoms with Crippen molar-refractivity contribution in [2.24, 2.45) is 0 Å². The number of ether oxygens (including phenoxy) is 1. The molecule has 0 aromatic heterocycles. The van der Waals surface area contributed by atoms with E-state index >= 15 is 0 Å². The fraction of sp³-hybridized carbons (Fsp3) is 0.200. The van der Waals surface area contributed by atoms with Gasteiger partial charge in [-0.2, -0.15) is 0 Å². The molecule has 0 fully saturated rings. The summed E-state index contributed by atoms with van der Waals surface area (Å²) in [5.74, 6) is -1.41. The molecule has 0 amide bonds. The van der Waals surface area contributed by atoms with Crippen molar-refractivity contribution in [2.75, 3.05) is 5.32 Å². The predicted molar refractivity (Wildman–Crippen MR) is 72.2 cm³/mol. The van der Waals surface area contributed by atoms with Gasteiger partial charge in [-0.25, -0.2) is 4.39 Å². The van der Waals surface area contributed by atoms with E-state index in [1.807, 2.05) is 25.1 Å². The standard InChI is InChI=1S/C15H13F4NO/c1-2-10-4-3-5-11(8-10)20-14-7-6-12(9-13(14)16)21-15(17,18)19/h3-9,20H,2H2,1H3. The summed E-state index contributed by atoms with van der Waals surface area (Å²) in [5.41, 5.74) is 1.81. The number of nitrogens with one attached hydrogen (secondary N) is 1. The molecule has 0 saturated carbocycles. The third kappa shape index (κ3) is 4.37. The van der Waals surface area contributed by atoms with Gasteiger partial charge in [-0.1, -0.05) is 19.1 Å². The van der Waals surface area contributed by atoms with Crippen molar-refractivity contribution in [3.8, 4) is 5.75 Å². The maximum absolute atomic E-state index is 13.8. The molecule has 0 aliphatic rings. The van der Waals surface area contributed by atoms with Gasteiger partial charge in [0.25, 0.3) is 0 Å². The second-order valence-electron chi connectivity index (χ2n) is 4.37. The van der Waals surface area contributed by atoms with Crippen molar-refractivity contribution < 1.29 is 22.3 Å². The number of benzene rings is 2. The van der Waals surface area contributed by atoms with E-state index in [1.165, 1.54) is 6.07 Å². The van der Waals surface area contributed by atoms with Gasteiger partial charge in [-0.3, -0.25) is 0 Å². The van der Waals surface area contributed by atoms with E-state index < -0.39 is 17.9 Å². The minimum atomic E-state index is -4.84. The summed E-state index contributed by atoms with van der Waals surface area (Å²) in [6, 6.07) is 10.3. The highest BCUT2D eigenvalue weighted by atomic mass is 19.4. The molecule has 0 heterocycles. The molecule has 0 spiro atoms. The van der Waals surface area contributed by atoms with Gasteiger partial charge >= 0.3 is 6.36 Å². The summed E-state index contributed by atoms with van der Waals surface area (Å²) >= 11 is 0. The van der Waals surface area contributed by atoms with Crippen molar-refractivity contribution in [2.45, 2.75) is 19.7 Å². The maximum atomic E-state index is 13.8. The SMILES string of the molecule is CCc1cccc(Nc2ccc(OC(F)(F)F)cc2F)c1. The van der Waals surface area contributed by atoms with Crippen LogP contribution in [0.5, 0.6) is 5.75 Å². The zero-order valence-electron chi connectivity index (χ0n) is 11.2. The van der Waals surface area contributed by atoms with Gasteiger partial charge in [0, 0.05) is 11.8 Å². The van der Waals surface area contributed by atoms with E-state index in [-0.39, 0.29) is 5.69 Å². The van der Waals surface area contributed by atoms with Crippen LogP contribution in [-0.4, -0.2) is 6.36 Å². The van der Waals surface area contributed by atoms with Crippen LogP contribution >= 0.6 is 0 Å². The molecule has 2 rings (SSSR count). The van der Waals surface area contributed by atoms with E-state index in [0.717, 1.165) is 18.1 Å². The highest BCUT2D eigenvalue weighted by Crippen LogP contribution is 2.28. The van der Waals surface area contributed by atoms with E-state index in [9.17, 15) is 17.6 Å². The van der Waals surface area contributed by atoms with Crippen LogP contribution in [0.3, 0.4) is 0 Å². The van der Waals surface area contributed by atoms with Crippen molar-refractivity contribution in [1.82, 2.24) is 0 Å². The number of hydrogen-bond acceptors (Lipinski definition) is 2. The monoisotopic (exact) mass is 299 g/mol. The lowest BCUT2D eigenvalue weighted by Gasteiger charge is -2.12. The Hall–Kier alpha value is -2.24. The lowest BCUT2D eigenvalue weighted by Crippen LogP contribution is -2.17. The number of alkyl halides is 3. The minimum absolute atomic E-state index is 0.0813. The molecule has 0 radical (unpaired) electrons. The molecule has 0 aliphatic carbocycles. The normalized spacial score (nSPS) is 11.3. The topological polar surface area (TPSA) is 21.3 Å². The first-order valence-electron chi connectivity index (χ1n) is 6.28. The summed E-state index contributed by atoms with van der Waals surface area (Å²) in [4.78, 5) is 0. The van der Waals surface area contributed by atoms with Gasteiger partial charge in [0.05, 0.1) is 5.69 Å². The summed E-state index contributed by atoms with van der Waals surface area (Å²) in [6.45, 7) is 1.99. The van der Waals surface area contributed by atoms with Crippen LogP contribution < -0.4 is 10.1 Å². The van der Waals surface area contributed by atoms with Crippen LogP contribution in [0.25, 0.3) is 0 Å². The second-order valence-corrected chi connectivity index (χ2v) is 4.37. The average molecular weight is 299 g/mol. The molecule has 0 bridgehead atoms. The molecule has 2 nitrogen and oxygen atoms in total. The first-order chi connectivity index (χ1) is 9.87. The molecule has 112 valence electrons. The van der Waals surface area contributed by atoms with Crippen molar-refractivity contribution >= 4 is 11.4 Å². The van der Waals surface area contributed by atoms with E-state index in [2.05, 4.69) is 10.1 Å². The number of anilines is 2. The lowest BCUT2D eigenvalue weighted by molar-refractivity contribution is -0.274. The molecular weight excluding hydrogens is 286 g/mol. The third-order valence-electron chi connectivity index (χ3n) is 2.79. The smallest absolute Gasteiger partial charge is 0.406 e. The molecule has 0 atom stereocenters. The first kappa shape index (κ1) is 15.2. The fourth-order valence-electron chi connectivity index (χ4n) is 1.82. The van der Waals surface area contributed by atoms with Gasteiger partial charge in [-0.15, -0.1) is 13.2 Å². The van der Waals surface area contributed by atoms with Crippen molar-refractivity contribution in [3.63, 3.8) is 0 Å². The zero-order chi connectivity index (χ0) is 15.5. The number of aryl methyl sites for hydroxylation is 1. The Morgan fingerprint density at radius 1 is 1.10 bits per heavy atom. The van der Waals surface area contributed by atoms with Gasteiger partial charge < -0.3 is 10.1 Å². The molecule has 0 unspecified atom stereocenters. The second kappa shape index (κ2) is 6.03. The highest BCUT2D eigenvalue weighted by Gasteiger charge is 2.31. The van der Waals surface area contributed by atoms with Crippen LogP contribution in [0.4, 0.5) is 28.9 Å². The lowest BCUT2D eigenvalue weighted by atomic mass is 10.1. The average Bonchev–Trinajstić information content (AvgIpc) is 2.40. The molecule has 21 heavy (non-hydrogen) atoms. The molecule has 2 aromatic rings. The largest absolute Gasteiger partial charge is 0.573 e. The predicted octanol–water partition coefficient (Wildman–Crippen LogP) is 5.03. The Labute approximate surface area is 119 Å².